The molecule has 9 heavy (non-hydrogen) atoms. The fraction of sp³-hybridized carbons (Fsp3) is 0. The van der Waals surface area contributed by atoms with Gasteiger partial charge in [-0.1, -0.05) is 0 Å². The molecule has 0 fully saturated rings. The molecule has 0 aliphatic carbocycles. The number of hydrogen-bond acceptors (Lipinski definition) is 4. The van der Waals surface area contributed by atoms with Crippen molar-refractivity contribution in [1.29, 1.82) is 0 Å². The molecule has 0 bridgehead atoms. The van der Waals surface area contributed by atoms with Crippen molar-refractivity contribution in [3.05, 3.63) is 6.33 Å². The van der Waals surface area contributed by atoms with Crippen molar-refractivity contribution in [1.82, 2.24) is 24.8 Å². The highest BCUT2D eigenvalue weighted by molar-refractivity contribution is 5.31. The Hall–Kier alpha value is -1.59. The molecule has 2 rings (SSSR count). The van der Waals surface area contributed by atoms with Crippen LogP contribution in [0.15, 0.2) is 6.33 Å². The Morgan fingerprint density at radius 1 is 1.56 bits per heavy atom. The number of rotatable bonds is 0. The summed E-state index contributed by atoms with van der Waals surface area (Å²) in [5.41, 5.74) is 5.33. The van der Waals surface area contributed by atoms with Crippen LogP contribution in [-0.2, 0) is 0 Å². The monoisotopic (exact) mass is 124 g/mol. The van der Waals surface area contributed by atoms with E-state index in [9.17, 15) is 0 Å². The summed E-state index contributed by atoms with van der Waals surface area (Å²) in [6.45, 7) is 0. The number of nitrogen functional groups attached to an aromatic ring is 1. The third kappa shape index (κ3) is 0.411. The van der Waals surface area contributed by atoms with E-state index in [1.807, 2.05) is 0 Å². The number of nitrogens with zero attached hydrogens (tertiary/aromatic N) is 4. The second-order valence-corrected chi connectivity index (χ2v) is 1.58. The van der Waals surface area contributed by atoms with Crippen molar-refractivity contribution in [2.24, 2.45) is 0 Å². The lowest BCUT2D eigenvalue weighted by atomic mass is 11.1. The molecule has 0 aliphatic rings. The SMILES string of the molecule is Nc1nnc2[nH]cnn12. The smallest absolute Gasteiger partial charge is 0.252 e. The second kappa shape index (κ2) is 1.22. The van der Waals surface area contributed by atoms with Crippen LogP contribution in [-0.4, -0.2) is 24.8 Å². The Labute approximate surface area is 49.7 Å². The Morgan fingerprint density at radius 3 is 3.22 bits per heavy atom. The van der Waals surface area contributed by atoms with Gasteiger partial charge >= 0.3 is 0 Å². The quantitative estimate of drug-likeness (QED) is 0.473. The molecular formula is C3H4N6. The topological polar surface area (TPSA) is 84.9 Å². The van der Waals surface area contributed by atoms with Crippen LogP contribution in [0.5, 0.6) is 0 Å². The second-order valence-electron chi connectivity index (χ2n) is 1.58. The molecule has 6 nitrogen and oxygen atoms in total. The predicted octanol–water partition coefficient (Wildman–Crippen LogP) is -0.965. The maximum atomic E-state index is 5.33. The van der Waals surface area contributed by atoms with Crippen LogP contribution in [0, 0.1) is 0 Å². The van der Waals surface area contributed by atoms with Crippen molar-refractivity contribution in [2.75, 3.05) is 5.73 Å². The Morgan fingerprint density at radius 2 is 2.44 bits per heavy atom. The zero-order valence-corrected chi connectivity index (χ0v) is 4.44. The average Bonchev–Trinajstić information content (AvgIpc) is 2.35. The van der Waals surface area contributed by atoms with Gasteiger partial charge in [-0.15, -0.1) is 10.2 Å². The van der Waals surface area contributed by atoms with Gasteiger partial charge in [0.15, 0.2) is 0 Å². The van der Waals surface area contributed by atoms with E-state index in [0.717, 1.165) is 0 Å². The van der Waals surface area contributed by atoms with Gasteiger partial charge in [-0.3, -0.25) is 0 Å². The molecule has 0 amide bonds. The van der Waals surface area contributed by atoms with Crippen LogP contribution in [0.4, 0.5) is 5.95 Å². The molecule has 2 aromatic rings. The minimum atomic E-state index is 0.297. The molecular weight excluding hydrogens is 120 g/mol. The van der Waals surface area contributed by atoms with Gasteiger partial charge in [-0.25, -0.2) is 0 Å². The third-order valence-electron chi connectivity index (χ3n) is 1.03. The minimum Gasteiger partial charge on any atom is -0.366 e. The van der Waals surface area contributed by atoms with Gasteiger partial charge in [-0.05, 0) is 0 Å². The van der Waals surface area contributed by atoms with Crippen LogP contribution in [0.2, 0.25) is 0 Å². The first-order valence-corrected chi connectivity index (χ1v) is 2.38. The largest absolute Gasteiger partial charge is 0.366 e. The van der Waals surface area contributed by atoms with Crippen LogP contribution in [0.3, 0.4) is 0 Å². The van der Waals surface area contributed by atoms with Crippen molar-refractivity contribution >= 4 is 11.7 Å². The zero-order chi connectivity index (χ0) is 6.27. The lowest BCUT2D eigenvalue weighted by Crippen LogP contribution is -1.93. The molecule has 0 radical (unpaired) electrons. The summed E-state index contributed by atoms with van der Waals surface area (Å²) < 4.78 is 1.42. The number of hydrogen-bond donors (Lipinski definition) is 2. The summed E-state index contributed by atoms with van der Waals surface area (Å²) >= 11 is 0. The summed E-state index contributed by atoms with van der Waals surface area (Å²) in [5.74, 6) is 0.860. The highest BCUT2D eigenvalue weighted by Gasteiger charge is 1.99. The first-order chi connectivity index (χ1) is 4.38. The minimum absolute atomic E-state index is 0.297. The molecule has 0 atom stereocenters. The first-order valence-electron chi connectivity index (χ1n) is 2.38. The standard InChI is InChI=1S/C3H4N6/c4-2-7-8-3-5-1-6-9(2)3/h1H,(H2,4,7)(H,5,6,8). The van der Waals surface area contributed by atoms with Gasteiger partial charge in [0, 0.05) is 0 Å². The van der Waals surface area contributed by atoms with Gasteiger partial charge in [0.25, 0.3) is 5.78 Å². The summed E-state index contributed by atoms with van der Waals surface area (Å²) in [7, 11) is 0. The molecule has 0 spiro atoms. The molecule has 2 aromatic heterocycles. The van der Waals surface area contributed by atoms with E-state index in [4.69, 9.17) is 5.73 Å². The van der Waals surface area contributed by atoms with Crippen LogP contribution < -0.4 is 5.73 Å². The highest BCUT2D eigenvalue weighted by Crippen LogP contribution is 1.95. The van der Waals surface area contributed by atoms with Gasteiger partial charge in [0.05, 0.1) is 0 Å². The maximum Gasteiger partial charge on any atom is 0.252 e. The first kappa shape index (κ1) is 4.30. The number of aromatic amines is 1. The van der Waals surface area contributed by atoms with E-state index in [2.05, 4.69) is 20.3 Å². The number of aromatic nitrogens is 5. The molecule has 0 aromatic carbocycles. The average molecular weight is 124 g/mol. The Kier molecular flexibility index (Phi) is 0.583. The van der Waals surface area contributed by atoms with Gasteiger partial charge in [-0.2, -0.15) is 9.61 Å². The molecule has 0 saturated carbocycles. The molecule has 6 heteroatoms. The van der Waals surface area contributed by atoms with Crippen molar-refractivity contribution in [3.8, 4) is 0 Å². The maximum absolute atomic E-state index is 5.33. The van der Waals surface area contributed by atoms with Crippen molar-refractivity contribution < 1.29 is 0 Å². The summed E-state index contributed by atoms with van der Waals surface area (Å²) in [5, 5.41) is 11.0. The Balaban J connectivity index is 2.99. The fourth-order valence-corrected chi connectivity index (χ4v) is 0.640. The highest BCUT2D eigenvalue weighted by atomic mass is 15.4. The lowest BCUT2D eigenvalue weighted by molar-refractivity contribution is 0.970. The van der Waals surface area contributed by atoms with E-state index >= 15 is 0 Å². The fourth-order valence-electron chi connectivity index (χ4n) is 0.640. The lowest BCUT2D eigenvalue weighted by Gasteiger charge is -1.77. The van der Waals surface area contributed by atoms with E-state index in [0.29, 0.717) is 11.7 Å². The van der Waals surface area contributed by atoms with E-state index < -0.39 is 0 Å². The van der Waals surface area contributed by atoms with Crippen LogP contribution >= 0.6 is 0 Å². The molecule has 0 unspecified atom stereocenters. The van der Waals surface area contributed by atoms with E-state index in [-0.39, 0.29) is 0 Å². The molecule has 3 N–H and O–H groups in total. The molecule has 0 saturated heterocycles. The third-order valence-corrected chi connectivity index (χ3v) is 1.03. The molecule has 0 aliphatic heterocycles. The molecule has 2 heterocycles. The molecule has 46 valence electrons. The number of nitrogens with one attached hydrogen (secondary N) is 1. The summed E-state index contributed by atoms with van der Waals surface area (Å²) in [6.07, 6.45) is 1.50. The predicted molar refractivity (Wildman–Crippen MR) is 29.5 cm³/mol. The number of H-pyrrole nitrogens is 1. The summed E-state index contributed by atoms with van der Waals surface area (Å²) in [6, 6.07) is 0. The summed E-state index contributed by atoms with van der Waals surface area (Å²) in [4.78, 5) is 2.74. The van der Waals surface area contributed by atoms with E-state index in [1.54, 1.807) is 0 Å². The van der Waals surface area contributed by atoms with Crippen molar-refractivity contribution in [3.63, 3.8) is 0 Å². The van der Waals surface area contributed by atoms with Crippen molar-refractivity contribution in [2.45, 2.75) is 0 Å². The number of nitrogens with two attached hydrogens (primary N) is 1. The number of anilines is 1. The zero-order valence-electron chi connectivity index (χ0n) is 4.44. The van der Waals surface area contributed by atoms with Gasteiger partial charge in [0.2, 0.25) is 5.95 Å². The van der Waals surface area contributed by atoms with Crippen LogP contribution in [0.1, 0.15) is 0 Å². The van der Waals surface area contributed by atoms with Gasteiger partial charge < -0.3 is 10.7 Å². The van der Waals surface area contributed by atoms with Gasteiger partial charge in [0.1, 0.15) is 6.33 Å². The Bertz CT molecular complexity index is 317. The van der Waals surface area contributed by atoms with Crippen LogP contribution in [0.25, 0.3) is 5.78 Å². The van der Waals surface area contributed by atoms with E-state index in [1.165, 1.54) is 10.8 Å². The number of fused-ring (bicyclic) bond motifs is 1. The normalized spacial score (nSPS) is 10.7.